The Morgan fingerprint density at radius 1 is 0.862 bits per heavy atom. The van der Waals surface area contributed by atoms with Crippen molar-refractivity contribution < 1.29 is 14.3 Å². The summed E-state index contributed by atoms with van der Waals surface area (Å²) in [5, 5.41) is 3.26. The summed E-state index contributed by atoms with van der Waals surface area (Å²) in [6.45, 7) is 4.73. The molecule has 0 radical (unpaired) electrons. The fraction of sp³-hybridized carbons (Fsp3) is 0.409. The van der Waals surface area contributed by atoms with E-state index in [4.69, 9.17) is 4.74 Å². The molecule has 1 N–H and O–H groups in total. The number of pyridine rings is 1. The van der Waals surface area contributed by atoms with Gasteiger partial charge in [0.25, 0.3) is 11.8 Å². The van der Waals surface area contributed by atoms with Crippen molar-refractivity contribution in [2.75, 3.05) is 44.7 Å². The molecule has 2 aliphatic heterocycles. The molecule has 7 heteroatoms. The fourth-order valence-corrected chi connectivity index (χ4v) is 3.63. The lowest BCUT2D eigenvalue weighted by Crippen LogP contribution is -2.40. The van der Waals surface area contributed by atoms with Gasteiger partial charge in [0, 0.05) is 44.5 Å². The maximum atomic E-state index is 12.5. The van der Waals surface area contributed by atoms with Crippen LogP contribution in [0.1, 0.15) is 39.1 Å². The highest BCUT2D eigenvalue weighted by Gasteiger charge is 2.20. The fourth-order valence-electron chi connectivity index (χ4n) is 3.63. The van der Waals surface area contributed by atoms with Crippen molar-refractivity contribution in [3.63, 3.8) is 0 Å². The number of nitrogens with zero attached hydrogens (tertiary/aromatic N) is 3. The predicted octanol–water partition coefficient (Wildman–Crippen LogP) is 2.40. The molecule has 2 aliphatic rings. The van der Waals surface area contributed by atoms with Crippen molar-refractivity contribution in [2.45, 2.75) is 19.4 Å². The second-order valence-corrected chi connectivity index (χ2v) is 7.39. The maximum absolute atomic E-state index is 12.5. The van der Waals surface area contributed by atoms with Crippen LogP contribution in [0.15, 0.2) is 42.6 Å². The zero-order valence-electron chi connectivity index (χ0n) is 16.5. The molecule has 0 atom stereocenters. The minimum absolute atomic E-state index is 0.00870. The number of hydrogen-bond donors (Lipinski definition) is 1. The number of carbonyl (C=O) groups excluding carboxylic acids is 2. The molecular formula is C22H26N4O3. The van der Waals surface area contributed by atoms with Gasteiger partial charge < -0.3 is 19.9 Å². The zero-order valence-corrected chi connectivity index (χ0v) is 16.5. The average molecular weight is 394 g/mol. The van der Waals surface area contributed by atoms with E-state index in [-0.39, 0.29) is 11.8 Å². The molecule has 2 fully saturated rings. The van der Waals surface area contributed by atoms with Crippen molar-refractivity contribution >= 4 is 17.6 Å². The third kappa shape index (κ3) is 4.74. The second-order valence-electron chi connectivity index (χ2n) is 7.39. The zero-order chi connectivity index (χ0) is 20.1. The first-order chi connectivity index (χ1) is 14.2. The van der Waals surface area contributed by atoms with Crippen molar-refractivity contribution in [2.24, 2.45) is 0 Å². The standard InChI is InChI=1S/C22H26N4O3/c27-21(25-9-1-2-10-25)18-5-3-17(4-6-18)15-23-20-8-7-19(16-24-20)22(28)26-11-13-29-14-12-26/h3-8,16H,1-2,9-15H2,(H,23,24). The van der Waals surface area contributed by atoms with E-state index in [1.54, 1.807) is 17.2 Å². The Balaban J connectivity index is 1.30. The van der Waals surface area contributed by atoms with E-state index in [1.165, 1.54) is 0 Å². The number of benzene rings is 1. The van der Waals surface area contributed by atoms with Gasteiger partial charge in [-0.2, -0.15) is 0 Å². The molecule has 29 heavy (non-hydrogen) atoms. The lowest BCUT2D eigenvalue weighted by atomic mass is 10.1. The van der Waals surface area contributed by atoms with E-state index in [0.717, 1.165) is 37.1 Å². The number of nitrogens with one attached hydrogen (secondary N) is 1. The Hall–Kier alpha value is -2.93. The van der Waals surface area contributed by atoms with Crippen LogP contribution < -0.4 is 5.32 Å². The highest BCUT2D eigenvalue weighted by atomic mass is 16.5. The van der Waals surface area contributed by atoms with Gasteiger partial charge in [0.15, 0.2) is 0 Å². The molecule has 152 valence electrons. The summed E-state index contributed by atoms with van der Waals surface area (Å²) in [5.74, 6) is 0.815. The van der Waals surface area contributed by atoms with Gasteiger partial charge in [0.05, 0.1) is 18.8 Å². The summed E-state index contributed by atoms with van der Waals surface area (Å²) in [6, 6.07) is 11.3. The first-order valence-electron chi connectivity index (χ1n) is 10.2. The third-order valence-corrected chi connectivity index (χ3v) is 5.38. The van der Waals surface area contributed by atoms with E-state index in [0.29, 0.717) is 44.2 Å². The van der Waals surface area contributed by atoms with Gasteiger partial charge in [-0.25, -0.2) is 4.98 Å². The van der Waals surface area contributed by atoms with Crippen LogP contribution in [0.2, 0.25) is 0 Å². The smallest absolute Gasteiger partial charge is 0.255 e. The first-order valence-corrected chi connectivity index (χ1v) is 10.2. The predicted molar refractivity (Wildman–Crippen MR) is 110 cm³/mol. The molecule has 1 aromatic heterocycles. The van der Waals surface area contributed by atoms with Gasteiger partial charge in [0.2, 0.25) is 0 Å². The van der Waals surface area contributed by atoms with Gasteiger partial charge in [-0.05, 0) is 42.7 Å². The van der Waals surface area contributed by atoms with Crippen LogP contribution >= 0.6 is 0 Å². The Morgan fingerprint density at radius 3 is 2.14 bits per heavy atom. The highest BCUT2D eigenvalue weighted by molar-refractivity contribution is 5.94. The lowest BCUT2D eigenvalue weighted by Gasteiger charge is -2.26. The molecule has 0 spiro atoms. The van der Waals surface area contributed by atoms with Crippen LogP contribution in [-0.4, -0.2) is 66.0 Å². The normalized spacial score (nSPS) is 16.7. The van der Waals surface area contributed by atoms with Gasteiger partial charge in [0.1, 0.15) is 5.82 Å². The molecule has 0 aliphatic carbocycles. The molecule has 0 saturated carbocycles. The number of rotatable bonds is 5. The SMILES string of the molecule is O=C(c1ccc(CNc2ccc(C(=O)N3CCOCC3)cn2)cc1)N1CCCC1. The van der Waals surface area contributed by atoms with Gasteiger partial charge >= 0.3 is 0 Å². The molecule has 0 unspecified atom stereocenters. The van der Waals surface area contributed by atoms with Crippen LogP contribution in [0.3, 0.4) is 0 Å². The molecule has 2 saturated heterocycles. The molecule has 4 rings (SSSR count). The number of ether oxygens (including phenoxy) is 1. The van der Waals surface area contributed by atoms with Crippen molar-refractivity contribution in [1.82, 2.24) is 14.8 Å². The summed E-state index contributed by atoms with van der Waals surface area (Å²) >= 11 is 0. The Bertz CT molecular complexity index is 839. The van der Waals surface area contributed by atoms with E-state index in [9.17, 15) is 9.59 Å². The molecule has 0 bridgehead atoms. The largest absolute Gasteiger partial charge is 0.378 e. The van der Waals surface area contributed by atoms with Crippen molar-refractivity contribution in [1.29, 1.82) is 0 Å². The van der Waals surface area contributed by atoms with Crippen molar-refractivity contribution in [3.8, 4) is 0 Å². The quantitative estimate of drug-likeness (QED) is 0.843. The molecule has 2 aromatic rings. The molecule has 1 aromatic carbocycles. The molecule has 7 nitrogen and oxygen atoms in total. The number of anilines is 1. The molecular weight excluding hydrogens is 368 g/mol. The topological polar surface area (TPSA) is 74.8 Å². The number of aromatic nitrogens is 1. The lowest BCUT2D eigenvalue weighted by molar-refractivity contribution is 0.0302. The molecule has 3 heterocycles. The van der Waals surface area contributed by atoms with Crippen LogP contribution in [0.25, 0.3) is 0 Å². The van der Waals surface area contributed by atoms with E-state index in [1.807, 2.05) is 35.2 Å². The Labute approximate surface area is 170 Å². The monoisotopic (exact) mass is 394 g/mol. The van der Waals surface area contributed by atoms with Crippen LogP contribution in [0, 0.1) is 0 Å². The summed E-state index contributed by atoms with van der Waals surface area (Å²) in [4.78, 5) is 32.9. The van der Waals surface area contributed by atoms with Crippen LogP contribution in [-0.2, 0) is 11.3 Å². The number of hydrogen-bond acceptors (Lipinski definition) is 5. The number of carbonyl (C=O) groups is 2. The Morgan fingerprint density at radius 2 is 1.48 bits per heavy atom. The Kier molecular flexibility index (Phi) is 6.05. The summed E-state index contributed by atoms with van der Waals surface area (Å²) in [7, 11) is 0. The average Bonchev–Trinajstić information content (AvgIpc) is 3.33. The second kappa shape index (κ2) is 9.05. The first kappa shape index (κ1) is 19.4. The summed E-state index contributed by atoms with van der Waals surface area (Å²) in [6.07, 6.45) is 3.80. The molecule has 2 amide bonds. The highest BCUT2D eigenvalue weighted by Crippen LogP contribution is 2.15. The number of likely N-dealkylation sites (tertiary alicyclic amines) is 1. The van der Waals surface area contributed by atoms with Gasteiger partial charge in [-0.1, -0.05) is 12.1 Å². The van der Waals surface area contributed by atoms with E-state index >= 15 is 0 Å². The summed E-state index contributed by atoms with van der Waals surface area (Å²) < 4.78 is 5.28. The minimum Gasteiger partial charge on any atom is -0.378 e. The number of morpholine rings is 1. The van der Waals surface area contributed by atoms with E-state index < -0.39 is 0 Å². The number of amides is 2. The van der Waals surface area contributed by atoms with Crippen LogP contribution in [0.4, 0.5) is 5.82 Å². The van der Waals surface area contributed by atoms with Gasteiger partial charge in [-0.3, -0.25) is 9.59 Å². The minimum atomic E-state index is -0.00870. The van der Waals surface area contributed by atoms with Crippen LogP contribution in [0.5, 0.6) is 0 Å². The third-order valence-electron chi connectivity index (χ3n) is 5.38. The summed E-state index contributed by atoms with van der Waals surface area (Å²) in [5.41, 5.74) is 2.39. The van der Waals surface area contributed by atoms with Crippen molar-refractivity contribution in [3.05, 3.63) is 59.3 Å². The van der Waals surface area contributed by atoms with E-state index in [2.05, 4.69) is 10.3 Å². The van der Waals surface area contributed by atoms with Gasteiger partial charge in [-0.15, -0.1) is 0 Å². The maximum Gasteiger partial charge on any atom is 0.255 e.